The fraction of sp³-hybridized carbons (Fsp3) is 0.455. The molecule has 0 bridgehead atoms. The highest BCUT2D eigenvalue weighted by Crippen LogP contribution is 2.15. The van der Waals surface area contributed by atoms with Gasteiger partial charge in [0.15, 0.2) is 11.7 Å². The highest BCUT2D eigenvalue weighted by Gasteiger charge is 2.19. The average Bonchev–Trinajstić information content (AvgIpc) is 3.19. The number of aliphatic imine (C=N–C) groups is 1. The SMILES string of the molecule is CCNC(=NCCCNC(=O)c1occc1C)N1CCN(c2ccccc2)CC1.I. The van der Waals surface area contributed by atoms with Crippen molar-refractivity contribution in [2.45, 2.75) is 20.3 Å². The molecule has 2 N–H and O–H groups in total. The lowest BCUT2D eigenvalue weighted by Gasteiger charge is -2.37. The van der Waals surface area contributed by atoms with Crippen molar-refractivity contribution in [2.24, 2.45) is 4.99 Å². The molecule has 7 nitrogen and oxygen atoms in total. The molecule has 0 unspecified atom stereocenters. The van der Waals surface area contributed by atoms with Crippen LogP contribution in [0.5, 0.6) is 0 Å². The van der Waals surface area contributed by atoms with E-state index in [1.807, 2.05) is 13.0 Å². The van der Waals surface area contributed by atoms with Crippen molar-refractivity contribution >= 4 is 41.5 Å². The lowest BCUT2D eigenvalue weighted by Crippen LogP contribution is -2.52. The van der Waals surface area contributed by atoms with E-state index < -0.39 is 0 Å². The number of anilines is 1. The Hall–Kier alpha value is -2.23. The van der Waals surface area contributed by atoms with E-state index in [9.17, 15) is 4.79 Å². The lowest BCUT2D eigenvalue weighted by molar-refractivity contribution is 0.0925. The van der Waals surface area contributed by atoms with E-state index in [2.05, 4.69) is 51.6 Å². The van der Waals surface area contributed by atoms with Crippen molar-refractivity contribution in [3.05, 3.63) is 54.0 Å². The molecule has 30 heavy (non-hydrogen) atoms. The number of furan rings is 1. The predicted molar refractivity (Wildman–Crippen MR) is 132 cm³/mol. The molecule has 1 amide bonds. The van der Waals surface area contributed by atoms with E-state index >= 15 is 0 Å². The molecule has 1 aromatic carbocycles. The summed E-state index contributed by atoms with van der Waals surface area (Å²) in [6.07, 6.45) is 2.32. The third-order valence-electron chi connectivity index (χ3n) is 4.99. The third kappa shape index (κ3) is 6.65. The number of amides is 1. The van der Waals surface area contributed by atoms with Gasteiger partial charge in [-0.15, -0.1) is 24.0 Å². The highest BCUT2D eigenvalue weighted by atomic mass is 127. The molecule has 164 valence electrons. The van der Waals surface area contributed by atoms with Crippen LogP contribution in [0.1, 0.15) is 29.5 Å². The Balaban J connectivity index is 0.00000320. The molecule has 8 heteroatoms. The number of benzene rings is 1. The Labute approximate surface area is 195 Å². The molecular formula is C22H32IN5O2. The first kappa shape index (κ1) is 24.0. The quantitative estimate of drug-likeness (QED) is 0.252. The summed E-state index contributed by atoms with van der Waals surface area (Å²) < 4.78 is 5.21. The first-order valence-electron chi connectivity index (χ1n) is 10.3. The summed E-state index contributed by atoms with van der Waals surface area (Å²) >= 11 is 0. The molecule has 1 aromatic heterocycles. The maximum Gasteiger partial charge on any atom is 0.287 e. The molecule has 0 radical (unpaired) electrons. The van der Waals surface area contributed by atoms with Crippen molar-refractivity contribution in [1.29, 1.82) is 0 Å². The normalized spacial score (nSPS) is 14.3. The second kappa shape index (κ2) is 12.5. The van der Waals surface area contributed by atoms with Crippen molar-refractivity contribution in [1.82, 2.24) is 15.5 Å². The van der Waals surface area contributed by atoms with Crippen LogP contribution in [0.3, 0.4) is 0 Å². The van der Waals surface area contributed by atoms with Crippen molar-refractivity contribution < 1.29 is 9.21 Å². The fourth-order valence-electron chi connectivity index (χ4n) is 3.39. The molecule has 2 heterocycles. The molecule has 1 aliphatic heterocycles. The molecule has 1 aliphatic rings. The van der Waals surface area contributed by atoms with E-state index in [0.717, 1.165) is 50.7 Å². The third-order valence-corrected chi connectivity index (χ3v) is 4.99. The van der Waals surface area contributed by atoms with Gasteiger partial charge in [0, 0.05) is 57.1 Å². The Morgan fingerprint density at radius 2 is 1.83 bits per heavy atom. The topological polar surface area (TPSA) is 73.1 Å². The molecule has 0 saturated carbocycles. The van der Waals surface area contributed by atoms with Crippen LogP contribution in [-0.2, 0) is 0 Å². The van der Waals surface area contributed by atoms with Gasteiger partial charge in [0.25, 0.3) is 5.91 Å². The van der Waals surface area contributed by atoms with E-state index in [1.54, 1.807) is 6.07 Å². The number of hydrogen-bond donors (Lipinski definition) is 2. The van der Waals surface area contributed by atoms with Gasteiger partial charge in [-0.1, -0.05) is 18.2 Å². The number of aryl methyl sites for hydroxylation is 1. The maximum absolute atomic E-state index is 12.1. The standard InChI is InChI=1S/C22H31N5O2.HI/c1-3-23-22(25-12-7-11-24-21(28)20-18(2)10-17-29-20)27-15-13-26(14-16-27)19-8-5-4-6-9-19;/h4-6,8-10,17H,3,7,11-16H2,1-2H3,(H,23,25)(H,24,28);1H. The molecule has 1 fully saturated rings. The van der Waals surface area contributed by atoms with Gasteiger partial charge in [0.2, 0.25) is 0 Å². The summed E-state index contributed by atoms with van der Waals surface area (Å²) in [6.45, 7) is 9.86. The number of rotatable bonds is 7. The minimum atomic E-state index is -0.166. The zero-order valence-electron chi connectivity index (χ0n) is 17.8. The molecular weight excluding hydrogens is 493 g/mol. The second-order valence-corrected chi connectivity index (χ2v) is 7.09. The number of para-hydroxylation sites is 1. The van der Waals surface area contributed by atoms with Gasteiger partial charge in [-0.3, -0.25) is 9.79 Å². The van der Waals surface area contributed by atoms with E-state index in [0.29, 0.717) is 18.8 Å². The zero-order chi connectivity index (χ0) is 20.5. The Morgan fingerprint density at radius 1 is 1.10 bits per heavy atom. The summed E-state index contributed by atoms with van der Waals surface area (Å²) in [6, 6.07) is 12.3. The van der Waals surface area contributed by atoms with Gasteiger partial charge in [-0.25, -0.2) is 0 Å². The van der Waals surface area contributed by atoms with Crippen LogP contribution in [-0.4, -0.2) is 62.6 Å². The zero-order valence-corrected chi connectivity index (χ0v) is 20.1. The second-order valence-electron chi connectivity index (χ2n) is 7.09. The molecule has 2 aromatic rings. The number of hydrogen-bond acceptors (Lipinski definition) is 4. The highest BCUT2D eigenvalue weighted by molar-refractivity contribution is 14.0. The van der Waals surface area contributed by atoms with Gasteiger partial charge in [-0.05, 0) is 38.5 Å². The van der Waals surface area contributed by atoms with E-state index in [1.165, 1.54) is 12.0 Å². The lowest BCUT2D eigenvalue weighted by atomic mass is 10.2. The van der Waals surface area contributed by atoms with Crippen LogP contribution in [0.4, 0.5) is 5.69 Å². The van der Waals surface area contributed by atoms with Crippen LogP contribution >= 0.6 is 24.0 Å². The Bertz CT molecular complexity index is 801. The van der Waals surface area contributed by atoms with Crippen molar-refractivity contribution in [2.75, 3.05) is 50.7 Å². The number of guanidine groups is 1. The molecule has 3 rings (SSSR count). The van der Waals surface area contributed by atoms with Gasteiger partial charge in [0.1, 0.15) is 0 Å². The van der Waals surface area contributed by atoms with Gasteiger partial charge in [-0.2, -0.15) is 0 Å². The Kier molecular flexibility index (Phi) is 9.99. The van der Waals surface area contributed by atoms with Crippen molar-refractivity contribution in [3.8, 4) is 0 Å². The van der Waals surface area contributed by atoms with E-state index in [4.69, 9.17) is 9.41 Å². The summed E-state index contributed by atoms with van der Waals surface area (Å²) in [7, 11) is 0. The van der Waals surface area contributed by atoms with Crippen molar-refractivity contribution in [3.63, 3.8) is 0 Å². The van der Waals surface area contributed by atoms with E-state index in [-0.39, 0.29) is 29.9 Å². The smallest absolute Gasteiger partial charge is 0.287 e. The minimum absolute atomic E-state index is 0. The summed E-state index contributed by atoms with van der Waals surface area (Å²) in [5.41, 5.74) is 2.13. The fourth-order valence-corrected chi connectivity index (χ4v) is 3.39. The predicted octanol–water partition coefficient (Wildman–Crippen LogP) is 3.11. The molecule has 0 atom stereocenters. The monoisotopic (exact) mass is 525 g/mol. The minimum Gasteiger partial charge on any atom is -0.459 e. The van der Waals surface area contributed by atoms with Gasteiger partial charge in [0.05, 0.1) is 6.26 Å². The number of carbonyl (C=O) groups is 1. The number of nitrogens with zero attached hydrogens (tertiary/aromatic N) is 3. The average molecular weight is 525 g/mol. The van der Waals surface area contributed by atoms with Crippen LogP contribution < -0.4 is 15.5 Å². The summed E-state index contributed by atoms with van der Waals surface area (Å²) in [5, 5.41) is 6.28. The number of nitrogens with one attached hydrogen (secondary N) is 2. The van der Waals surface area contributed by atoms with Crippen LogP contribution in [0.15, 0.2) is 52.1 Å². The molecule has 0 aliphatic carbocycles. The summed E-state index contributed by atoms with van der Waals surface area (Å²) in [5.74, 6) is 1.17. The number of piperazine rings is 1. The maximum atomic E-state index is 12.1. The Morgan fingerprint density at radius 3 is 2.47 bits per heavy atom. The van der Waals surface area contributed by atoms with Gasteiger partial charge < -0.3 is 24.9 Å². The largest absolute Gasteiger partial charge is 0.459 e. The van der Waals surface area contributed by atoms with Gasteiger partial charge >= 0.3 is 0 Å². The van der Waals surface area contributed by atoms with Crippen LogP contribution in [0.2, 0.25) is 0 Å². The first-order valence-corrected chi connectivity index (χ1v) is 10.3. The van der Waals surface area contributed by atoms with Crippen LogP contribution in [0, 0.1) is 6.92 Å². The van der Waals surface area contributed by atoms with Crippen LogP contribution in [0.25, 0.3) is 0 Å². The number of carbonyl (C=O) groups excluding carboxylic acids is 1. The first-order chi connectivity index (χ1) is 14.2. The molecule has 1 saturated heterocycles. The summed E-state index contributed by atoms with van der Waals surface area (Å²) in [4.78, 5) is 21.5. The molecule has 0 spiro atoms. The number of halogens is 1.